The van der Waals surface area contributed by atoms with E-state index in [4.69, 9.17) is 20.8 Å². The summed E-state index contributed by atoms with van der Waals surface area (Å²) in [6, 6.07) is 5.00. The van der Waals surface area contributed by atoms with Gasteiger partial charge in [0.1, 0.15) is 5.52 Å². The van der Waals surface area contributed by atoms with Crippen LogP contribution < -0.4 is 4.74 Å². The molecule has 1 aromatic heterocycles. The fourth-order valence-electron chi connectivity index (χ4n) is 1.09. The van der Waals surface area contributed by atoms with Crippen LogP contribution in [0.25, 0.3) is 11.1 Å². The van der Waals surface area contributed by atoms with Gasteiger partial charge in [-0.25, -0.2) is 0 Å². The summed E-state index contributed by atoms with van der Waals surface area (Å²) in [4.78, 5) is 14.9. The molecule has 0 unspecified atom stereocenters. The summed E-state index contributed by atoms with van der Waals surface area (Å²) in [6.45, 7) is 1.70. The highest BCUT2D eigenvalue weighted by molar-refractivity contribution is 6.31. The minimum absolute atomic E-state index is 0.0425. The molecule has 2 rings (SSSR count). The lowest BCUT2D eigenvalue weighted by molar-refractivity contribution is -0.135. The summed E-state index contributed by atoms with van der Waals surface area (Å²) in [5, 5.41) is 0.559. The summed E-state index contributed by atoms with van der Waals surface area (Å²) >= 11 is 5.77. The van der Waals surface area contributed by atoms with E-state index < -0.39 is 0 Å². The summed E-state index contributed by atoms with van der Waals surface area (Å²) in [6.07, 6.45) is 0.235. The van der Waals surface area contributed by atoms with Gasteiger partial charge in [-0.15, -0.1) is 0 Å². The molecule has 1 aromatic carbocycles. The van der Waals surface area contributed by atoms with Crippen LogP contribution in [0.15, 0.2) is 22.6 Å². The molecule has 0 spiro atoms. The second kappa shape index (κ2) is 3.90. The van der Waals surface area contributed by atoms with Crippen molar-refractivity contribution in [2.24, 2.45) is 0 Å². The van der Waals surface area contributed by atoms with E-state index in [9.17, 15) is 4.79 Å². The Morgan fingerprint density at radius 3 is 3.13 bits per heavy atom. The monoisotopic (exact) mass is 225 g/mol. The maximum absolute atomic E-state index is 11.0. The van der Waals surface area contributed by atoms with E-state index in [1.165, 1.54) is 0 Å². The van der Waals surface area contributed by atoms with E-state index in [1.54, 1.807) is 25.1 Å². The average Bonchev–Trinajstić information content (AvgIpc) is 2.59. The molecule has 15 heavy (non-hydrogen) atoms. The van der Waals surface area contributed by atoms with Crippen LogP contribution in [0, 0.1) is 0 Å². The van der Waals surface area contributed by atoms with E-state index in [-0.39, 0.29) is 18.5 Å². The second-order valence-electron chi connectivity index (χ2n) is 2.92. The molecule has 1 heterocycles. The number of oxazole rings is 1. The quantitative estimate of drug-likeness (QED) is 0.738. The standard InChI is InChI=1S/C10H8ClNO3/c1-2-9(13)15-10-12-7-5-6(11)3-4-8(7)14-10/h3-5H,2H2,1H3. The predicted octanol–water partition coefficient (Wildman–Crippen LogP) is 2.80. The minimum atomic E-state index is -0.382. The molecule has 4 nitrogen and oxygen atoms in total. The Morgan fingerprint density at radius 1 is 1.60 bits per heavy atom. The maximum atomic E-state index is 11.0. The van der Waals surface area contributed by atoms with Crippen molar-refractivity contribution in [1.29, 1.82) is 0 Å². The van der Waals surface area contributed by atoms with Gasteiger partial charge >= 0.3 is 12.0 Å². The number of hydrogen-bond acceptors (Lipinski definition) is 4. The van der Waals surface area contributed by atoms with Crippen LogP contribution in [-0.4, -0.2) is 11.0 Å². The van der Waals surface area contributed by atoms with Gasteiger partial charge in [-0.05, 0) is 18.2 Å². The number of halogens is 1. The van der Waals surface area contributed by atoms with Crippen molar-refractivity contribution in [2.75, 3.05) is 0 Å². The first-order valence-corrected chi connectivity index (χ1v) is 4.83. The number of rotatable bonds is 2. The zero-order valence-electron chi connectivity index (χ0n) is 7.99. The van der Waals surface area contributed by atoms with Gasteiger partial charge in [-0.2, -0.15) is 4.98 Å². The molecule has 0 saturated heterocycles. The van der Waals surface area contributed by atoms with Crippen LogP contribution in [0.3, 0.4) is 0 Å². The van der Waals surface area contributed by atoms with Crippen LogP contribution >= 0.6 is 11.6 Å². The van der Waals surface area contributed by atoms with Crippen LogP contribution in [0.2, 0.25) is 5.02 Å². The Kier molecular flexibility index (Phi) is 2.60. The van der Waals surface area contributed by atoms with Gasteiger partial charge in [0.15, 0.2) is 5.58 Å². The highest BCUT2D eigenvalue weighted by Crippen LogP contribution is 2.23. The maximum Gasteiger partial charge on any atom is 0.402 e. The van der Waals surface area contributed by atoms with Crippen LogP contribution in [0.5, 0.6) is 6.08 Å². The SMILES string of the molecule is CCC(=O)Oc1nc2cc(Cl)ccc2o1. The zero-order valence-corrected chi connectivity index (χ0v) is 8.75. The number of carbonyl (C=O) groups is 1. The molecular weight excluding hydrogens is 218 g/mol. The van der Waals surface area contributed by atoms with E-state index >= 15 is 0 Å². The lowest BCUT2D eigenvalue weighted by Crippen LogP contribution is -2.05. The number of aromatic nitrogens is 1. The third-order valence-electron chi connectivity index (χ3n) is 1.82. The summed E-state index contributed by atoms with van der Waals surface area (Å²) in [5.74, 6) is -0.382. The van der Waals surface area contributed by atoms with Crippen molar-refractivity contribution in [3.8, 4) is 6.08 Å². The normalized spacial score (nSPS) is 10.5. The van der Waals surface area contributed by atoms with Gasteiger partial charge in [0.05, 0.1) is 0 Å². The van der Waals surface area contributed by atoms with Crippen LogP contribution in [-0.2, 0) is 4.79 Å². The molecule has 0 aliphatic rings. The van der Waals surface area contributed by atoms with Crippen molar-refractivity contribution >= 4 is 28.7 Å². The zero-order chi connectivity index (χ0) is 10.8. The molecule has 2 aromatic rings. The Balaban J connectivity index is 2.34. The Hall–Kier alpha value is -1.55. The number of benzene rings is 1. The number of hydrogen-bond donors (Lipinski definition) is 0. The van der Waals surface area contributed by atoms with Crippen LogP contribution in [0.1, 0.15) is 13.3 Å². The Morgan fingerprint density at radius 2 is 2.40 bits per heavy atom. The van der Waals surface area contributed by atoms with Crippen molar-refractivity contribution in [1.82, 2.24) is 4.98 Å². The summed E-state index contributed by atoms with van der Waals surface area (Å²) in [5.41, 5.74) is 1.11. The lowest BCUT2D eigenvalue weighted by atomic mass is 10.3. The molecule has 0 saturated carbocycles. The first kappa shape index (κ1) is 9.98. The highest BCUT2D eigenvalue weighted by Gasteiger charge is 2.10. The molecule has 0 aliphatic heterocycles. The van der Waals surface area contributed by atoms with E-state index in [2.05, 4.69) is 4.98 Å². The topological polar surface area (TPSA) is 52.3 Å². The van der Waals surface area contributed by atoms with Gasteiger partial charge in [-0.1, -0.05) is 18.5 Å². The Bertz CT molecular complexity index is 506. The summed E-state index contributed by atoms with van der Waals surface area (Å²) in [7, 11) is 0. The molecule has 0 amide bonds. The smallest absolute Gasteiger partial charge is 0.402 e. The van der Waals surface area contributed by atoms with E-state index in [1.807, 2.05) is 0 Å². The van der Waals surface area contributed by atoms with Crippen molar-refractivity contribution in [2.45, 2.75) is 13.3 Å². The second-order valence-corrected chi connectivity index (χ2v) is 3.36. The number of ether oxygens (including phenoxy) is 1. The van der Waals surface area contributed by atoms with Gasteiger partial charge < -0.3 is 9.15 Å². The lowest BCUT2D eigenvalue weighted by Gasteiger charge is -1.93. The molecule has 0 bridgehead atoms. The largest absolute Gasteiger partial charge is 0.409 e. The van der Waals surface area contributed by atoms with Gasteiger partial charge in [0.25, 0.3) is 0 Å². The molecule has 5 heteroatoms. The van der Waals surface area contributed by atoms with Gasteiger partial charge in [0.2, 0.25) is 0 Å². The van der Waals surface area contributed by atoms with Crippen molar-refractivity contribution in [3.05, 3.63) is 23.2 Å². The molecule has 0 aliphatic carbocycles. The Labute approximate surface area is 90.8 Å². The first-order chi connectivity index (χ1) is 7.19. The fraction of sp³-hybridized carbons (Fsp3) is 0.200. The molecule has 0 N–H and O–H groups in total. The molecule has 0 atom stereocenters. The molecule has 78 valence electrons. The number of carbonyl (C=O) groups excluding carboxylic acids is 1. The minimum Gasteiger partial charge on any atom is -0.409 e. The molecule has 0 fully saturated rings. The van der Waals surface area contributed by atoms with Gasteiger partial charge in [-0.3, -0.25) is 4.79 Å². The van der Waals surface area contributed by atoms with E-state index in [0.29, 0.717) is 16.1 Å². The predicted molar refractivity (Wildman–Crippen MR) is 54.9 cm³/mol. The number of nitrogens with zero attached hydrogens (tertiary/aromatic N) is 1. The highest BCUT2D eigenvalue weighted by atomic mass is 35.5. The molecular formula is C10H8ClNO3. The molecule has 0 radical (unpaired) electrons. The van der Waals surface area contributed by atoms with Crippen molar-refractivity contribution in [3.63, 3.8) is 0 Å². The summed E-state index contributed by atoms with van der Waals surface area (Å²) < 4.78 is 10.0. The van der Waals surface area contributed by atoms with Crippen LogP contribution in [0.4, 0.5) is 0 Å². The number of esters is 1. The van der Waals surface area contributed by atoms with Crippen molar-refractivity contribution < 1.29 is 13.9 Å². The third-order valence-corrected chi connectivity index (χ3v) is 2.05. The number of fused-ring (bicyclic) bond motifs is 1. The fourth-order valence-corrected chi connectivity index (χ4v) is 1.26. The average molecular weight is 226 g/mol. The first-order valence-electron chi connectivity index (χ1n) is 4.46. The van der Waals surface area contributed by atoms with E-state index in [0.717, 1.165) is 0 Å². The van der Waals surface area contributed by atoms with Gasteiger partial charge in [0, 0.05) is 11.4 Å². The third kappa shape index (κ3) is 2.10.